The molecule has 0 aliphatic carbocycles. The molecule has 2 aromatic rings. The van der Waals surface area contributed by atoms with Crippen LogP contribution in [0.25, 0.3) is 5.69 Å². The summed E-state index contributed by atoms with van der Waals surface area (Å²) >= 11 is 5.66. The van der Waals surface area contributed by atoms with Gasteiger partial charge in [-0.25, -0.2) is 0 Å². The molecule has 0 aliphatic heterocycles. The predicted octanol–water partition coefficient (Wildman–Crippen LogP) is 2.19. The molecule has 0 fully saturated rings. The largest absolute Gasteiger partial charge is 0.272 e. The summed E-state index contributed by atoms with van der Waals surface area (Å²) in [4.78, 5) is 11.6. The van der Waals surface area contributed by atoms with Gasteiger partial charge in [-0.3, -0.25) is 4.79 Å². The Labute approximate surface area is 91.9 Å². The summed E-state index contributed by atoms with van der Waals surface area (Å²) in [6, 6.07) is 8.91. The molecular formula is C11H9ClN2O. The fourth-order valence-electron chi connectivity index (χ4n) is 1.34. The summed E-state index contributed by atoms with van der Waals surface area (Å²) in [6.07, 6.45) is 1.45. The second kappa shape index (κ2) is 3.87. The third-order valence-electron chi connectivity index (χ3n) is 2.01. The minimum absolute atomic E-state index is 0.229. The van der Waals surface area contributed by atoms with Crippen molar-refractivity contribution in [1.29, 1.82) is 0 Å². The average molecular weight is 221 g/mol. The maximum Gasteiger partial charge on any atom is 0.272 e. The number of hydrogen-bond acceptors (Lipinski definition) is 2. The number of aromatic nitrogens is 2. The summed E-state index contributed by atoms with van der Waals surface area (Å²) in [6.45, 7) is 1.96. The Morgan fingerprint density at radius 2 is 2.13 bits per heavy atom. The molecule has 0 aliphatic rings. The van der Waals surface area contributed by atoms with Gasteiger partial charge in [0, 0.05) is 6.07 Å². The van der Waals surface area contributed by atoms with Crippen molar-refractivity contribution in [2.45, 2.75) is 6.92 Å². The minimum atomic E-state index is -0.229. The van der Waals surface area contributed by atoms with Crippen LogP contribution in [-0.2, 0) is 0 Å². The maximum absolute atomic E-state index is 11.6. The third kappa shape index (κ3) is 2.07. The molecule has 76 valence electrons. The molecule has 0 saturated carbocycles. The molecule has 0 amide bonds. The van der Waals surface area contributed by atoms with E-state index in [9.17, 15) is 4.79 Å². The minimum Gasteiger partial charge on any atom is -0.267 e. The number of halogens is 1. The van der Waals surface area contributed by atoms with E-state index in [0.717, 1.165) is 11.3 Å². The molecule has 0 saturated heterocycles. The van der Waals surface area contributed by atoms with Gasteiger partial charge in [-0.15, -0.1) is 0 Å². The van der Waals surface area contributed by atoms with E-state index in [-0.39, 0.29) is 5.56 Å². The van der Waals surface area contributed by atoms with Gasteiger partial charge < -0.3 is 0 Å². The number of benzene rings is 1. The lowest BCUT2D eigenvalue weighted by molar-refractivity contribution is 0.806. The van der Waals surface area contributed by atoms with Crippen LogP contribution in [0.2, 0.25) is 5.02 Å². The van der Waals surface area contributed by atoms with E-state index in [1.807, 2.05) is 31.2 Å². The number of hydrogen-bond donors (Lipinski definition) is 0. The second-order valence-electron chi connectivity index (χ2n) is 3.26. The molecule has 15 heavy (non-hydrogen) atoms. The van der Waals surface area contributed by atoms with Crippen molar-refractivity contribution in [1.82, 2.24) is 9.78 Å². The fraction of sp³-hybridized carbons (Fsp3) is 0.0909. The SMILES string of the molecule is Cc1cccc(-n2ncc(Cl)cc2=O)c1. The van der Waals surface area contributed by atoms with Crippen molar-refractivity contribution < 1.29 is 0 Å². The smallest absolute Gasteiger partial charge is 0.267 e. The maximum atomic E-state index is 11.6. The van der Waals surface area contributed by atoms with Gasteiger partial charge in [0.15, 0.2) is 0 Å². The first-order chi connectivity index (χ1) is 7.16. The van der Waals surface area contributed by atoms with Crippen LogP contribution in [0, 0.1) is 6.92 Å². The summed E-state index contributed by atoms with van der Waals surface area (Å²) in [5, 5.41) is 4.31. The molecule has 3 nitrogen and oxygen atoms in total. The molecule has 1 heterocycles. The topological polar surface area (TPSA) is 34.9 Å². The van der Waals surface area contributed by atoms with Gasteiger partial charge in [-0.05, 0) is 24.6 Å². The Hall–Kier alpha value is -1.61. The lowest BCUT2D eigenvalue weighted by Gasteiger charge is -2.04. The van der Waals surface area contributed by atoms with E-state index >= 15 is 0 Å². The van der Waals surface area contributed by atoms with Crippen LogP contribution in [0.4, 0.5) is 0 Å². The first-order valence-corrected chi connectivity index (χ1v) is 4.86. The van der Waals surface area contributed by atoms with E-state index in [4.69, 9.17) is 11.6 Å². The van der Waals surface area contributed by atoms with E-state index < -0.39 is 0 Å². The quantitative estimate of drug-likeness (QED) is 0.739. The van der Waals surface area contributed by atoms with E-state index in [2.05, 4.69) is 5.10 Å². The Bertz CT molecular complexity index is 548. The van der Waals surface area contributed by atoms with Gasteiger partial charge in [0.1, 0.15) is 0 Å². The Morgan fingerprint density at radius 1 is 1.33 bits per heavy atom. The van der Waals surface area contributed by atoms with Gasteiger partial charge in [-0.2, -0.15) is 9.78 Å². The lowest BCUT2D eigenvalue weighted by atomic mass is 10.2. The average Bonchev–Trinajstić information content (AvgIpc) is 2.17. The van der Waals surface area contributed by atoms with Gasteiger partial charge in [0.2, 0.25) is 0 Å². The van der Waals surface area contributed by atoms with E-state index in [0.29, 0.717) is 5.02 Å². The lowest BCUT2D eigenvalue weighted by Crippen LogP contribution is -2.19. The zero-order chi connectivity index (χ0) is 10.8. The standard InChI is InChI=1S/C11H9ClN2O/c1-8-3-2-4-10(5-8)14-11(15)6-9(12)7-13-14/h2-7H,1H3. The highest BCUT2D eigenvalue weighted by atomic mass is 35.5. The molecule has 2 rings (SSSR count). The van der Waals surface area contributed by atoms with Crippen molar-refractivity contribution >= 4 is 11.6 Å². The van der Waals surface area contributed by atoms with Crippen LogP contribution >= 0.6 is 11.6 Å². The van der Waals surface area contributed by atoms with Crippen LogP contribution in [0.1, 0.15) is 5.56 Å². The Kier molecular flexibility index (Phi) is 2.56. The Balaban J connectivity index is 2.59. The van der Waals surface area contributed by atoms with Gasteiger partial charge in [0.25, 0.3) is 5.56 Å². The number of nitrogens with zero attached hydrogens (tertiary/aromatic N) is 2. The Morgan fingerprint density at radius 3 is 2.80 bits per heavy atom. The number of aryl methyl sites for hydroxylation is 1. The molecular weight excluding hydrogens is 212 g/mol. The summed E-state index contributed by atoms with van der Waals surface area (Å²) in [5.74, 6) is 0. The van der Waals surface area contributed by atoms with Crippen LogP contribution < -0.4 is 5.56 Å². The number of rotatable bonds is 1. The van der Waals surface area contributed by atoms with Gasteiger partial charge in [-0.1, -0.05) is 23.7 Å². The zero-order valence-corrected chi connectivity index (χ0v) is 8.90. The summed E-state index contributed by atoms with van der Waals surface area (Å²) in [5.41, 5.74) is 1.60. The van der Waals surface area contributed by atoms with Crippen molar-refractivity contribution in [3.63, 3.8) is 0 Å². The zero-order valence-electron chi connectivity index (χ0n) is 8.14. The predicted molar refractivity (Wildman–Crippen MR) is 59.6 cm³/mol. The van der Waals surface area contributed by atoms with Crippen LogP contribution in [-0.4, -0.2) is 9.78 Å². The molecule has 0 radical (unpaired) electrons. The molecule has 1 aromatic heterocycles. The second-order valence-corrected chi connectivity index (χ2v) is 3.70. The first-order valence-electron chi connectivity index (χ1n) is 4.49. The highest BCUT2D eigenvalue weighted by molar-refractivity contribution is 6.30. The van der Waals surface area contributed by atoms with Crippen LogP contribution in [0.3, 0.4) is 0 Å². The van der Waals surface area contributed by atoms with Crippen LogP contribution in [0.15, 0.2) is 41.3 Å². The normalized spacial score (nSPS) is 10.3. The van der Waals surface area contributed by atoms with Crippen molar-refractivity contribution in [2.24, 2.45) is 0 Å². The monoisotopic (exact) mass is 220 g/mol. The van der Waals surface area contributed by atoms with Crippen LogP contribution in [0.5, 0.6) is 0 Å². The van der Waals surface area contributed by atoms with Crippen molar-refractivity contribution in [2.75, 3.05) is 0 Å². The third-order valence-corrected chi connectivity index (χ3v) is 2.22. The molecule has 0 atom stereocenters. The van der Waals surface area contributed by atoms with Crippen molar-refractivity contribution in [3.8, 4) is 5.69 Å². The van der Waals surface area contributed by atoms with E-state index in [1.165, 1.54) is 16.9 Å². The van der Waals surface area contributed by atoms with Gasteiger partial charge >= 0.3 is 0 Å². The van der Waals surface area contributed by atoms with E-state index in [1.54, 1.807) is 0 Å². The molecule has 1 aromatic carbocycles. The molecule has 0 unspecified atom stereocenters. The highest BCUT2D eigenvalue weighted by Crippen LogP contribution is 2.07. The molecule has 4 heteroatoms. The molecule has 0 N–H and O–H groups in total. The highest BCUT2D eigenvalue weighted by Gasteiger charge is 2.01. The first kappa shape index (κ1) is 9.93. The summed E-state index contributed by atoms with van der Waals surface area (Å²) < 4.78 is 1.32. The van der Waals surface area contributed by atoms with Crippen molar-refractivity contribution in [3.05, 3.63) is 57.5 Å². The molecule has 0 bridgehead atoms. The molecule has 0 spiro atoms. The fourth-order valence-corrected chi connectivity index (χ4v) is 1.48. The van der Waals surface area contributed by atoms with Gasteiger partial charge in [0.05, 0.1) is 16.9 Å². The summed E-state index contributed by atoms with van der Waals surface area (Å²) in [7, 11) is 0.